The first kappa shape index (κ1) is 24.7. The second-order valence-corrected chi connectivity index (χ2v) is 9.72. The lowest BCUT2D eigenvalue weighted by Crippen LogP contribution is -1.99. The number of fused-ring (bicyclic) bond motifs is 2. The second kappa shape index (κ2) is 11.9. The van der Waals surface area contributed by atoms with Crippen LogP contribution in [0.4, 0.5) is 0 Å². The van der Waals surface area contributed by atoms with Gasteiger partial charge in [0.25, 0.3) is 0 Å². The van der Waals surface area contributed by atoms with Gasteiger partial charge < -0.3 is 19.4 Å². The Bertz CT molecular complexity index is 1590. The smallest absolute Gasteiger partial charge is 0.138 e. The molecular formula is C33H32N4O2. The first-order valence-electron chi connectivity index (χ1n) is 13.7. The van der Waals surface area contributed by atoms with Crippen molar-refractivity contribution in [1.29, 1.82) is 0 Å². The van der Waals surface area contributed by atoms with Gasteiger partial charge in [-0.15, -0.1) is 0 Å². The number of hydrogen-bond donors (Lipinski definition) is 2. The van der Waals surface area contributed by atoms with Gasteiger partial charge in [0.05, 0.1) is 35.3 Å². The number of ether oxygens (including phenoxy) is 2. The Hall–Kier alpha value is -4.58. The van der Waals surface area contributed by atoms with E-state index >= 15 is 0 Å². The molecule has 2 aromatic heterocycles. The van der Waals surface area contributed by atoms with Gasteiger partial charge in [-0.25, -0.2) is 9.97 Å². The maximum Gasteiger partial charge on any atom is 0.138 e. The highest BCUT2D eigenvalue weighted by Crippen LogP contribution is 2.25. The number of nitrogens with zero attached hydrogens (tertiary/aromatic N) is 2. The van der Waals surface area contributed by atoms with Crippen LogP contribution in [0.1, 0.15) is 32.1 Å². The van der Waals surface area contributed by atoms with Crippen molar-refractivity contribution in [2.24, 2.45) is 0 Å². The van der Waals surface area contributed by atoms with E-state index in [9.17, 15) is 0 Å². The van der Waals surface area contributed by atoms with Crippen molar-refractivity contribution in [2.75, 3.05) is 13.2 Å². The summed E-state index contributed by atoms with van der Waals surface area (Å²) in [5.41, 5.74) is 6.14. The number of imidazole rings is 2. The third-order valence-corrected chi connectivity index (χ3v) is 6.84. The topological polar surface area (TPSA) is 75.8 Å². The SMILES string of the molecule is c1cc(OCCCCCCCOc2ccc(-c3nc4ccccc4[nH]3)cc2)cc(-c2nc3ccccc3[nH]2)c1. The number of aromatic amines is 2. The normalized spacial score (nSPS) is 11.3. The largest absolute Gasteiger partial charge is 0.494 e. The maximum absolute atomic E-state index is 6.01. The fraction of sp³-hybridized carbons (Fsp3) is 0.212. The van der Waals surface area contributed by atoms with Crippen molar-refractivity contribution in [3.05, 3.63) is 97.1 Å². The van der Waals surface area contributed by atoms with E-state index in [1.807, 2.05) is 72.8 Å². The monoisotopic (exact) mass is 516 g/mol. The highest BCUT2D eigenvalue weighted by molar-refractivity contribution is 5.80. The van der Waals surface area contributed by atoms with Gasteiger partial charge in [-0.2, -0.15) is 0 Å². The molecule has 2 heterocycles. The Kier molecular flexibility index (Phi) is 7.52. The van der Waals surface area contributed by atoms with E-state index in [0.29, 0.717) is 0 Å². The number of aromatic nitrogens is 4. The molecule has 0 aliphatic carbocycles. The molecule has 6 heteroatoms. The molecule has 0 saturated heterocycles. The first-order valence-corrected chi connectivity index (χ1v) is 13.7. The fourth-order valence-corrected chi connectivity index (χ4v) is 4.74. The molecule has 4 aromatic carbocycles. The predicted octanol–water partition coefficient (Wildman–Crippen LogP) is 8.18. The number of nitrogens with one attached hydrogen (secondary N) is 2. The van der Waals surface area contributed by atoms with E-state index in [4.69, 9.17) is 9.47 Å². The van der Waals surface area contributed by atoms with Crippen LogP contribution in [0.15, 0.2) is 97.1 Å². The summed E-state index contributed by atoms with van der Waals surface area (Å²) in [6.07, 6.45) is 5.56. The second-order valence-electron chi connectivity index (χ2n) is 9.72. The van der Waals surface area contributed by atoms with Crippen LogP contribution in [0, 0.1) is 0 Å². The van der Waals surface area contributed by atoms with Crippen molar-refractivity contribution in [1.82, 2.24) is 19.9 Å². The van der Waals surface area contributed by atoms with Crippen molar-refractivity contribution < 1.29 is 9.47 Å². The van der Waals surface area contributed by atoms with Crippen LogP contribution in [0.5, 0.6) is 11.5 Å². The van der Waals surface area contributed by atoms with E-state index in [2.05, 4.69) is 44.2 Å². The first-order chi connectivity index (χ1) is 19.3. The van der Waals surface area contributed by atoms with Crippen LogP contribution in [-0.2, 0) is 0 Å². The summed E-state index contributed by atoms with van der Waals surface area (Å²) >= 11 is 0. The Labute approximate surface area is 228 Å². The third-order valence-electron chi connectivity index (χ3n) is 6.84. The van der Waals surface area contributed by atoms with Crippen molar-refractivity contribution in [3.8, 4) is 34.3 Å². The molecule has 0 bridgehead atoms. The van der Waals surface area contributed by atoms with Crippen LogP contribution in [0.3, 0.4) is 0 Å². The van der Waals surface area contributed by atoms with E-state index in [1.54, 1.807) is 0 Å². The third kappa shape index (κ3) is 6.12. The Morgan fingerprint density at radius 1 is 0.487 bits per heavy atom. The maximum atomic E-state index is 6.01. The molecule has 0 aliphatic heterocycles. The van der Waals surface area contributed by atoms with Gasteiger partial charge in [-0.3, -0.25) is 0 Å². The summed E-state index contributed by atoms with van der Waals surface area (Å²) in [6.45, 7) is 1.45. The van der Waals surface area contributed by atoms with Gasteiger partial charge in [0.1, 0.15) is 23.1 Å². The molecule has 196 valence electrons. The van der Waals surface area contributed by atoms with Gasteiger partial charge in [0, 0.05) is 11.1 Å². The quantitative estimate of drug-likeness (QED) is 0.161. The number of para-hydroxylation sites is 4. The number of benzene rings is 4. The van der Waals surface area contributed by atoms with Gasteiger partial charge in [0.15, 0.2) is 0 Å². The molecular weight excluding hydrogens is 484 g/mol. The van der Waals surface area contributed by atoms with Crippen LogP contribution >= 0.6 is 0 Å². The molecule has 0 amide bonds. The summed E-state index contributed by atoms with van der Waals surface area (Å²) in [7, 11) is 0. The number of H-pyrrole nitrogens is 2. The standard InChI is InChI=1S/C33H32N4O2/c1(2-8-21-38-26-19-17-24(18-20-26)32-34-28-13-4-5-14-29(28)35-32)3-9-22-39-27-12-10-11-25(23-27)33-36-30-15-6-7-16-31(30)37-33/h4-7,10-20,23H,1-3,8-9,21-22H2,(H,34,35)(H,36,37). The summed E-state index contributed by atoms with van der Waals surface area (Å²) in [5, 5.41) is 0. The molecule has 6 nitrogen and oxygen atoms in total. The highest BCUT2D eigenvalue weighted by atomic mass is 16.5. The highest BCUT2D eigenvalue weighted by Gasteiger charge is 2.07. The average Bonchev–Trinajstić information content (AvgIpc) is 3.62. The lowest BCUT2D eigenvalue weighted by Gasteiger charge is -2.08. The minimum absolute atomic E-state index is 0.720. The summed E-state index contributed by atoms with van der Waals surface area (Å²) in [4.78, 5) is 16.1. The van der Waals surface area contributed by atoms with E-state index in [-0.39, 0.29) is 0 Å². The average molecular weight is 517 g/mol. The number of rotatable bonds is 12. The lowest BCUT2D eigenvalue weighted by molar-refractivity contribution is 0.293. The Balaban J connectivity index is 0.870. The van der Waals surface area contributed by atoms with Crippen LogP contribution in [0.25, 0.3) is 44.8 Å². The van der Waals surface area contributed by atoms with Crippen molar-refractivity contribution in [3.63, 3.8) is 0 Å². The van der Waals surface area contributed by atoms with Gasteiger partial charge in [-0.05, 0) is 73.5 Å². The van der Waals surface area contributed by atoms with Crippen molar-refractivity contribution >= 4 is 22.1 Å². The minimum Gasteiger partial charge on any atom is -0.494 e. The van der Waals surface area contributed by atoms with Crippen LogP contribution < -0.4 is 9.47 Å². The van der Waals surface area contributed by atoms with E-state index < -0.39 is 0 Å². The molecule has 0 radical (unpaired) electrons. The Morgan fingerprint density at radius 2 is 1.05 bits per heavy atom. The fourth-order valence-electron chi connectivity index (χ4n) is 4.74. The molecule has 0 atom stereocenters. The number of unbranched alkanes of at least 4 members (excludes halogenated alkanes) is 4. The molecule has 6 aromatic rings. The van der Waals surface area contributed by atoms with Gasteiger partial charge in [0.2, 0.25) is 0 Å². The molecule has 6 rings (SSSR count). The minimum atomic E-state index is 0.720. The lowest BCUT2D eigenvalue weighted by atomic mass is 10.1. The van der Waals surface area contributed by atoms with E-state index in [1.165, 1.54) is 6.42 Å². The molecule has 0 saturated carbocycles. The molecule has 0 fully saturated rings. The van der Waals surface area contributed by atoms with E-state index in [0.717, 1.165) is 95.2 Å². The Morgan fingerprint density at radius 3 is 1.69 bits per heavy atom. The predicted molar refractivity (Wildman–Crippen MR) is 157 cm³/mol. The molecule has 2 N–H and O–H groups in total. The van der Waals surface area contributed by atoms with Crippen LogP contribution in [-0.4, -0.2) is 33.1 Å². The zero-order chi connectivity index (χ0) is 26.3. The zero-order valence-corrected chi connectivity index (χ0v) is 21.9. The molecule has 39 heavy (non-hydrogen) atoms. The van der Waals surface area contributed by atoms with Gasteiger partial charge in [-0.1, -0.05) is 55.7 Å². The molecule has 0 aliphatic rings. The van der Waals surface area contributed by atoms with Crippen LogP contribution in [0.2, 0.25) is 0 Å². The molecule has 0 spiro atoms. The summed E-state index contributed by atoms with van der Waals surface area (Å²) in [6, 6.07) is 32.4. The van der Waals surface area contributed by atoms with Gasteiger partial charge >= 0.3 is 0 Å². The van der Waals surface area contributed by atoms with Crippen molar-refractivity contribution in [2.45, 2.75) is 32.1 Å². The number of hydrogen-bond acceptors (Lipinski definition) is 4. The summed E-state index contributed by atoms with van der Waals surface area (Å²) in [5.74, 6) is 3.53. The molecule has 0 unspecified atom stereocenters. The zero-order valence-electron chi connectivity index (χ0n) is 21.9. The summed E-state index contributed by atoms with van der Waals surface area (Å²) < 4.78 is 12.0.